The molecule has 1 amide bonds. The second-order valence-corrected chi connectivity index (χ2v) is 5.00. The molecule has 5 heteroatoms. The van der Waals surface area contributed by atoms with E-state index < -0.39 is 0 Å². The normalized spacial score (nSPS) is 11.1. The van der Waals surface area contributed by atoms with Gasteiger partial charge in [0.2, 0.25) is 5.91 Å². The molecule has 2 aromatic rings. The van der Waals surface area contributed by atoms with E-state index in [2.05, 4.69) is 20.8 Å². The largest absolute Gasteiger partial charge is 0.281 e. The molecule has 0 fully saturated rings. The van der Waals surface area contributed by atoms with Crippen LogP contribution in [0.5, 0.6) is 0 Å². The lowest BCUT2D eigenvalue weighted by molar-refractivity contribution is -0.121. The SMILES string of the molecule is CCC(=O)NN/C(=N\c1cc(C)cc(C)n1)c1ccccc1. The number of aliphatic imine (C=N–C) groups is 1. The van der Waals surface area contributed by atoms with E-state index in [1.165, 1.54) is 0 Å². The molecule has 0 spiro atoms. The molecule has 2 N–H and O–H groups in total. The maximum atomic E-state index is 11.5. The Morgan fingerprint density at radius 1 is 1.14 bits per heavy atom. The summed E-state index contributed by atoms with van der Waals surface area (Å²) in [4.78, 5) is 20.4. The maximum absolute atomic E-state index is 11.5. The number of amidine groups is 1. The molecule has 0 atom stereocenters. The highest BCUT2D eigenvalue weighted by molar-refractivity contribution is 6.00. The third kappa shape index (κ3) is 4.41. The van der Waals surface area contributed by atoms with Gasteiger partial charge in [0.25, 0.3) is 0 Å². The van der Waals surface area contributed by atoms with Crippen molar-refractivity contribution in [3.63, 3.8) is 0 Å². The number of hydrogen-bond acceptors (Lipinski definition) is 3. The molecular weight excluding hydrogens is 276 g/mol. The average molecular weight is 296 g/mol. The van der Waals surface area contributed by atoms with Gasteiger partial charge in [-0.3, -0.25) is 15.6 Å². The molecule has 2 rings (SSSR count). The predicted octanol–water partition coefficient (Wildman–Crippen LogP) is 2.81. The number of pyridine rings is 1. The summed E-state index contributed by atoms with van der Waals surface area (Å²) in [6.45, 7) is 5.73. The number of nitrogens with one attached hydrogen (secondary N) is 2. The molecule has 5 nitrogen and oxygen atoms in total. The van der Waals surface area contributed by atoms with Crippen molar-refractivity contribution in [1.82, 2.24) is 15.8 Å². The van der Waals surface area contributed by atoms with Crippen LogP contribution >= 0.6 is 0 Å². The van der Waals surface area contributed by atoms with Crippen molar-refractivity contribution >= 4 is 17.6 Å². The Kier molecular flexibility index (Phi) is 5.25. The van der Waals surface area contributed by atoms with E-state index in [0.717, 1.165) is 16.8 Å². The summed E-state index contributed by atoms with van der Waals surface area (Å²) in [5.41, 5.74) is 8.39. The Balaban J connectivity index is 2.34. The first-order valence-corrected chi connectivity index (χ1v) is 7.22. The average Bonchev–Trinajstić information content (AvgIpc) is 2.51. The smallest absolute Gasteiger partial charge is 0.238 e. The number of rotatable bonds is 3. The molecule has 1 aromatic carbocycles. The minimum Gasteiger partial charge on any atom is -0.281 e. The van der Waals surface area contributed by atoms with E-state index in [-0.39, 0.29) is 5.91 Å². The zero-order valence-electron chi connectivity index (χ0n) is 13.1. The molecule has 1 aromatic heterocycles. The molecule has 0 bridgehead atoms. The Morgan fingerprint density at radius 3 is 2.50 bits per heavy atom. The number of aryl methyl sites for hydroxylation is 2. The van der Waals surface area contributed by atoms with Crippen molar-refractivity contribution in [2.75, 3.05) is 0 Å². The molecule has 1 heterocycles. The summed E-state index contributed by atoms with van der Waals surface area (Å²) in [7, 11) is 0. The van der Waals surface area contributed by atoms with Crippen LogP contribution in [-0.4, -0.2) is 16.7 Å². The third-order valence-electron chi connectivity index (χ3n) is 3.00. The summed E-state index contributed by atoms with van der Waals surface area (Å²) < 4.78 is 0. The highest BCUT2D eigenvalue weighted by Crippen LogP contribution is 2.14. The van der Waals surface area contributed by atoms with Crippen LogP contribution in [0.3, 0.4) is 0 Å². The van der Waals surface area contributed by atoms with E-state index in [1.807, 2.05) is 56.3 Å². The van der Waals surface area contributed by atoms with E-state index in [4.69, 9.17) is 0 Å². The van der Waals surface area contributed by atoms with E-state index in [0.29, 0.717) is 18.1 Å². The Labute approximate surface area is 130 Å². The fraction of sp³-hybridized carbons (Fsp3) is 0.235. The van der Waals surface area contributed by atoms with E-state index in [1.54, 1.807) is 6.92 Å². The Morgan fingerprint density at radius 2 is 1.86 bits per heavy atom. The van der Waals surface area contributed by atoms with E-state index >= 15 is 0 Å². The van der Waals surface area contributed by atoms with Crippen molar-refractivity contribution in [3.05, 3.63) is 59.3 Å². The van der Waals surface area contributed by atoms with Crippen molar-refractivity contribution < 1.29 is 4.79 Å². The highest BCUT2D eigenvalue weighted by Gasteiger charge is 2.06. The van der Waals surface area contributed by atoms with Crippen LogP contribution in [0.25, 0.3) is 0 Å². The van der Waals surface area contributed by atoms with Gasteiger partial charge in [-0.1, -0.05) is 37.3 Å². The molecule has 0 saturated carbocycles. The Bertz CT molecular complexity index is 660. The third-order valence-corrected chi connectivity index (χ3v) is 3.00. The van der Waals surface area contributed by atoms with Crippen molar-refractivity contribution in [1.29, 1.82) is 0 Å². The van der Waals surface area contributed by atoms with Crippen LogP contribution in [-0.2, 0) is 4.79 Å². The van der Waals surface area contributed by atoms with Crippen LogP contribution in [0.2, 0.25) is 0 Å². The molecule has 114 valence electrons. The van der Waals surface area contributed by atoms with Gasteiger partial charge in [-0.2, -0.15) is 0 Å². The standard InChI is InChI=1S/C17H20N4O/c1-4-16(22)20-21-17(14-8-6-5-7-9-14)19-15-11-12(2)10-13(3)18-15/h5-11H,4H2,1-3H3,(H,20,22)(H,18,19,21). The van der Waals surface area contributed by atoms with Gasteiger partial charge >= 0.3 is 0 Å². The summed E-state index contributed by atoms with van der Waals surface area (Å²) in [6, 6.07) is 13.5. The van der Waals surface area contributed by atoms with Gasteiger partial charge in [0.15, 0.2) is 11.7 Å². The number of carbonyl (C=O) groups is 1. The lowest BCUT2D eigenvalue weighted by Gasteiger charge is -2.11. The van der Waals surface area contributed by atoms with E-state index in [9.17, 15) is 4.79 Å². The van der Waals surface area contributed by atoms with Gasteiger partial charge in [0.1, 0.15) is 0 Å². The van der Waals surface area contributed by atoms with Gasteiger partial charge < -0.3 is 0 Å². The number of hydrogen-bond donors (Lipinski definition) is 2. The van der Waals surface area contributed by atoms with Crippen LogP contribution in [0.1, 0.15) is 30.2 Å². The number of amides is 1. The molecular formula is C17H20N4O. The molecule has 0 saturated heterocycles. The second kappa shape index (κ2) is 7.36. The van der Waals surface area contributed by atoms with Crippen molar-refractivity contribution in [3.8, 4) is 0 Å². The fourth-order valence-corrected chi connectivity index (χ4v) is 1.97. The van der Waals surface area contributed by atoms with Crippen LogP contribution in [0.15, 0.2) is 47.5 Å². The molecule has 0 aliphatic rings. The first kappa shape index (κ1) is 15.7. The molecule has 0 aliphatic heterocycles. The minimum absolute atomic E-state index is 0.1000. The van der Waals surface area contributed by atoms with Crippen molar-refractivity contribution in [2.45, 2.75) is 27.2 Å². The summed E-state index contributed by atoms with van der Waals surface area (Å²) in [6.07, 6.45) is 0.400. The lowest BCUT2D eigenvalue weighted by atomic mass is 10.2. The lowest BCUT2D eigenvalue weighted by Crippen LogP contribution is -2.41. The predicted molar refractivity (Wildman–Crippen MR) is 87.9 cm³/mol. The summed E-state index contributed by atoms with van der Waals surface area (Å²) in [5, 5.41) is 0. The maximum Gasteiger partial charge on any atom is 0.238 e. The highest BCUT2D eigenvalue weighted by atomic mass is 16.2. The van der Waals surface area contributed by atoms with Gasteiger partial charge in [-0.05, 0) is 31.5 Å². The molecule has 0 radical (unpaired) electrons. The molecule has 0 unspecified atom stereocenters. The van der Waals surface area contributed by atoms with Gasteiger partial charge in [0, 0.05) is 17.7 Å². The Hall–Kier alpha value is -2.69. The topological polar surface area (TPSA) is 66.4 Å². The second-order valence-electron chi connectivity index (χ2n) is 5.00. The van der Waals surface area contributed by atoms with Crippen LogP contribution < -0.4 is 10.9 Å². The fourth-order valence-electron chi connectivity index (χ4n) is 1.97. The quantitative estimate of drug-likeness (QED) is 0.520. The molecule has 22 heavy (non-hydrogen) atoms. The first-order valence-electron chi connectivity index (χ1n) is 7.22. The number of hydrazine groups is 1. The van der Waals surface area contributed by atoms with Gasteiger partial charge in [-0.25, -0.2) is 9.98 Å². The molecule has 0 aliphatic carbocycles. The van der Waals surface area contributed by atoms with Crippen LogP contribution in [0, 0.1) is 13.8 Å². The summed E-state index contributed by atoms with van der Waals surface area (Å²) in [5.74, 6) is 1.06. The summed E-state index contributed by atoms with van der Waals surface area (Å²) >= 11 is 0. The van der Waals surface area contributed by atoms with Gasteiger partial charge in [0.05, 0.1) is 0 Å². The van der Waals surface area contributed by atoms with Crippen LogP contribution in [0.4, 0.5) is 5.82 Å². The number of aromatic nitrogens is 1. The van der Waals surface area contributed by atoms with Gasteiger partial charge in [-0.15, -0.1) is 0 Å². The monoisotopic (exact) mass is 296 g/mol. The zero-order valence-corrected chi connectivity index (χ0v) is 13.1. The minimum atomic E-state index is -0.1000. The number of nitrogens with zero attached hydrogens (tertiary/aromatic N) is 2. The van der Waals surface area contributed by atoms with Crippen molar-refractivity contribution in [2.24, 2.45) is 4.99 Å². The number of benzene rings is 1. The first-order chi connectivity index (χ1) is 10.6. The number of carbonyl (C=O) groups excluding carboxylic acids is 1. The zero-order chi connectivity index (χ0) is 15.9.